The fourth-order valence-electron chi connectivity index (χ4n) is 2.03. The van der Waals surface area contributed by atoms with Gasteiger partial charge < -0.3 is 4.42 Å². The molecule has 0 radical (unpaired) electrons. The molecule has 0 saturated heterocycles. The Morgan fingerprint density at radius 2 is 1.76 bits per heavy atom. The lowest BCUT2D eigenvalue weighted by atomic mass is 10.1. The number of alkyl halides is 1. The fourth-order valence-corrected chi connectivity index (χ4v) is 2.49. The van der Waals surface area contributed by atoms with Crippen molar-refractivity contribution in [1.29, 1.82) is 0 Å². The van der Waals surface area contributed by atoms with E-state index in [1.54, 1.807) is 6.07 Å². The first-order valence-electron chi connectivity index (χ1n) is 5.30. The van der Waals surface area contributed by atoms with Gasteiger partial charge in [0.2, 0.25) is 5.43 Å². The van der Waals surface area contributed by atoms with Crippen LogP contribution in [0, 0.1) is 0 Å². The third-order valence-corrected chi connectivity index (χ3v) is 3.44. The highest BCUT2D eigenvalue weighted by Gasteiger charge is 2.09. The van der Waals surface area contributed by atoms with Crippen LogP contribution in [-0.2, 0) is 5.33 Å². The molecule has 17 heavy (non-hydrogen) atoms. The van der Waals surface area contributed by atoms with Crippen molar-refractivity contribution in [2.75, 3.05) is 0 Å². The Hall–Kier alpha value is -1.61. The maximum Gasteiger partial charge on any atom is 0.200 e. The zero-order valence-corrected chi connectivity index (χ0v) is 10.5. The van der Waals surface area contributed by atoms with E-state index in [4.69, 9.17) is 4.42 Å². The van der Waals surface area contributed by atoms with Crippen molar-refractivity contribution in [3.8, 4) is 0 Å². The normalized spacial score (nSPS) is 11.1. The second kappa shape index (κ2) is 4.00. The summed E-state index contributed by atoms with van der Waals surface area (Å²) in [6.45, 7) is 0. The molecule has 2 aromatic carbocycles. The van der Waals surface area contributed by atoms with Crippen molar-refractivity contribution < 1.29 is 4.42 Å². The number of rotatable bonds is 1. The smallest absolute Gasteiger partial charge is 0.200 e. The van der Waals surface area contributed by atoms with E-state index >= 15 is 0 Å². The third kappa shape index (κ3) is 1.58. The van der Waals surface area contributed by atoms with Crippen molar-refractivity contribution >= 4 is 37.9 Å². The summed E-state index contributed by atoms with van der Waals surface area (Å²) in [6, 6.07) is 13.0. The SMILES string of the molecule is O=c1c2ccccc2oc2cccc(CBr)c12. The Balaban J connectivity index is 2.60. The fraction of sp³-hybridized carbons (Fsp3) is 0.0714. The van der Waals surface area contributed by atoms with Crippen molar-refractivity contribution in [2.45, 2.75) is 5.33 Å². The van der Waals surface area contributed by atoms with Crippen LogP contribution in [0.2, 0.25) is 0 Å². The van der Waals surface area contributed by atoms with Gasteiger partial charge in [-0.1, -0.05) is 40.2 Å². The number of fused-ring (bicyclic) bond motifs is 2. The van der Waals surface area contributed by atoms with Crippen LogP contribution in [0.25, 0.3) is 21.9 Å². The van der Waals surface area contributed by atoms with E-state index in [-0.39, 0.29) is 5.43 Å². The Kier molecular flexibility index (Phi) is 2.48. The van der Waals surface area contributed by atoms with Crippen LogP contribution in [0.5, 0.6) is 0 Å². The standard InChI is InChI=1S/C14H9BrO2/c15-8-9-4-3-7-12-13(9)14(16)10-5-1-2-6-11(10)17-12/h1-7H,8H2. The molecule has 0 N–H and O–H groups in total. The predicted octanol–water partition coefficient (Wildman–Crippen LogP) is 3.84. The zero-order chi connectivity index (χ0) is 11.8. The highest BCUT2D eigenvalue weighted by atomic mass is 79.9. The summed E-state index contributed by atoms with van der Waals surface area (Å²) in [7, 11) is 0. The highest BCUT2D eigenvalue weighted by molar-refractivity contribution is 9.08. The minimum absolute atomic E-state index is 0.0388. The average Bonchev–Trinajstić information content (AvgIpc) is 2.38. The molecule has 0 saturated carbocycles. The maximum absolute atomic E-state index is 12.4. The van der Waals surface area contributed by atoms with Gasteiger partial charge in [-0.3, -0.25) is 4.79 Å². The maximum atomic E-state index is 12.4. The molecule has 1 aromatic heterocycles. The Labute approximate surface area is 106 Å². The van der Waals surface area contributed by atoms with E-state index in [2.05, 4.69) is 15.9 Å². The minimum Gasteiger partial charge on any atom is -0.456 e. The van der Waals surface area contributed by atoms with E-state index in [0.717, 1.165) is 5.56 Å². The first-order chi connectivity index (χ1) is 8.31. The number of hydrogen-bond acceptors (Lipinski definition) is 2. The van der Waals surface area contributed by atoms with Crippen LogP contribution in [0.3, 0.4) is 0 Å². The van der Waals surface area contributed by atoms with Gasteiger partial charge in [-0.15, -0.1) is 0 Å². The van der Waals surface area contributed by atoms with E-state index in [0.29, 0.717) is 27.3 Å². The summed E-state index contributed by atoms with van der Waals surface area (Å²) in [5.41, 5.74) is 2.28. The molecule has 0 spiro atoms. The van der Waals surface area contributed by atoms with E-state index in [1.165, 1.54) is 0 Å². The molecule has 0 bridgehead atoms. The Morgan fingerprint density at radius 3 is 2.59 bits per heavy atom. The van der Waals surface area contributed by atoms with Crippen LogP contribution in [0.1, 0.15) is 5.56 Å². The molecule has 0 fully saturated rings. The van der Waals surface area contributed by atoms with Gasteiger partial charge in [0.1, 0.15) is 11.2 Å². The topological polar surface area (TPSA) is 30.2 Å². The Bertz CT molecular complexity index is 759. The Morgan fingerprint density at radius 1 is 1.00 bits per heavy atom. The molecular weight excluding hydrogens is 280 g/mol. The van der Waals surface area contributed by atoms with Gasteiger partial charge in [-0.25, -0.2) is 0 Å². The van der Waals surface area contributed by atoms with Crippen molar-refractivity contribution in [1.82, 2.24) is 0 Å². The van der Waals surface area contributed by atoms with E-state index < -0.39 is 0 Å². The largest absolute Gasteiger partial charge is 0.456 e. The molecule has 1 heterocycles. The van der Waals surface area contributed by atoms with Crippen LogP contribution in [-0.4, -0.2) is 0 Å². The minimum atomic E-state index is 0.0388. The van der Waals surface area contributed by atoms with Gasteiger partial charge >= 0.3 is 0 Å². The molecule has 0 aliphatic heterocycles. The first kappa shape index (κ1) is 10.5. The lowest BCUT2D eigenvalue weighted by Crippen LogP contribution is -2.04. The first-order valence-corrected chi connectivity index (χ1v) is 6.43. The molecule has 84 valence electrons. The molecule has 0 atom stereocenters. The second-order valence-electron chi connectivity index (χ2n) is 3.85. The summed E-state index contributed by atoms with van der Waals surface area (Å²) in [5.74, 6) is 0. The van der Waals surface area contributed by atoms with Crippen LogP contribution < -0.4 is 5.43 Å². The van der Waals surface area contributed by atoms with Crippen LogP contribution in [0.15, 0.2) is 51.7 Å². The summed E-state index contributed by atoms with van der Waals surface area (Å²) in [5, 5.41) is 1.95. The number of hydrogen-bond donors (Lipinski definition) is 0. The van der Waals surface area contributed by atoms with Gasteiger partial charge in [-0.2, -0.15) is 0 Å². The molecule has 0 aliphatic rings. The van der Waals surface area contributed by atoms with Gasteiger partial charge in [0.05, 0.1) is 10.8 Å². The van der Waals surface area contributed by atoms with Crippen molar-refractivity contribution in [3.05, 3.63) is 58.3 Å². The number of benzene rings is 2. The van der Waals surface area contributed by atoms with Crippen molar-refractivity contribution in [2.24, 2.45) is 0 Å². The van der Waals surface area contributed by atoms with Gasteiger partial charge in [0.15, 0.2) is 0 Å². The van der Waals surface area contributed by atoms with Crippen LogP contribution >= 0.6 is 15.9 Å². The summed E-state index contributed by atoms with van der Waals surface area (Å²) in [6.07, 6.45) is 0. The lowest BCUT2D eigenvalue weighted by molar-refractivity contribution is 0.659. The zero-order valence-electron chi connectivity index (χ0n) is 8.94. The quantitative estimate of drug-likeness (QED) is 0.503. The summed E-state index contributed by atoms with van der Waals surface area (Å²) in [4.78, 5) is 12.4. The summed E-state index contributed by atoms with van der Waals surface area (Å²) < 4.78 is 5.75. The van der Waals surface area contributed by atoms with E-state index in [1.807, 2.05) is 36.4 Å². The molecule has 0 aliphatic carbocycles. The third-order valence-electron chi connectivity index (χ3n) is 2.84. The summed E-state index contributed by atoms with van der Waals surface area (Å²) >= 11 is 3.40. The molecule has 0 unspecified atom stereocenters. The molecule has 3 heteroatoms. The number of para-hydroxylation sites is 1. The second-order valence-corrected chi connectivity index (χ2v) is 4.41. The predicted molar refractivity (Wildman–Crippen MR) is 72.6 cm³/mol. The monoisotopic (exact) mass is 288 g/mol. The molecule has 0 amide bonds. The molecule has 3 rings (SSSR count). The van der Waals surface area contributed by atoms with Gasteiger partial charge in [-0.05, 0) is 23.8 Å². The van der Waals surface area contributed by atoms with Crippen molar-refractivity contribution in [3.63, 3.8) is 0 Å². The molecule has 2 nitrogen and oxygen atoms in total. The lowest BCUT2D eigenvalue weighted by Gasteiger charge is -2.04. The highest BCUT2D eigenvalue weighted by Crippen LogP contribution is 2.22. The van der Waals surface area contributed by atoms with Gasteiger partial charge in [0.25, 0.3) is 0 Å². The molecule has 3 aromatic rings. The number of halogens is 1. The average molecular weight is 289 g/mol. The molecular formula is C14H9BrO2. The van der Waals surface area contributed by atoms with Crippen LogP contribution in [0.4, 0.5) is 0 Å². The van der Waals surface area contributed by atoms with Gasteiger partial charge in [0, 0.05) is 5.33 Å². The van der Waals surface area contributed by atoms with E-state index in [9.17, 15) is 4.79 Å².